The van der Waals surface area contributed by atoms with Crippen LogP contribution in [0, 0.1) is 0 Å². The molecule has 0 aliphatic rings. The highest BCUT2D eigenvalue weighted by Gasteiger charge is 2.17. The molecule has 0 amide bonds. The van der Waals surface area contributed by atoms with Crippen LogP contribution in [-0.4, -0.2) is 38.3 Å². The van der Waals surface area contributed by atoms with E-state index in [-0.39, 0.29) is 5.75 Å². The van der Waals surface area contributed by atoms with Gasteiger partial charge in [-0.15, -0.1) is 0 Å². The maximum Gasteiger partial charge on any atom is 0.344 e. The van der Waals surface area contributed by atoms with E-state index in [1.54, 1.807) is 50.6 Å². The van der Waals surface area contributed by atoms with E-state index < -0.39 is 5.63 Å². The second kappa shape index (κ2) is 7.09. The molecule has 0 bridgehead atoms. The molecule has 3 rings (SSSR count). The summed E-state index contributed by atoms with van der Waals surface area (Å²) >= 11 is 0. The summed E-state index contributed by atoms with van der Waals surface area (Å²) in [6.07, 6.45) is 0. The van der Waals surface area contributed by atoms with Crippen molar-refractivity contribution in [1.82, 2.24) is 4.90 Å². The molecular formula is C20H21NO5. The molecule has 0 spiro atoms. The third-order valence-electron chi connectivity index (χ3n) is 4.15. The van der Waals surface area contributed by atoms with Gasteiger partial charge in [0.15, 0.2) is 0 Å². The quantitative estimate of drug-likeness (QED) is 0.709. The normalized spacial score (nSPS) is 11.1. The van der Waals surface area contributed by atoms with Gasteiger partial charge < -0.3 is 23.9 Å². The zero-order chi connectivity index (χ0) is 18.8. The Morgan fingerprint density at radius 2 is 1.81 bits per heavy atom. The number of rotatable bonds is 5. The Balaban J connectivity index is 2.26. The van der Waals surface area contributed by atoms with Crippen LogP contribution in [0.3, 0.4) is 0 Å². The fraction of sp³-hybridized carbons (Fsp3) is 0.250. The summed E-state index contributed by atoms with van der Waals surface area (Å²) in [4.78, 5) is 14.6. The van der Waals surface area contributed by atoms with Crippen LogP contribution in [0.2, 0.25) is 0 Å². The molecule has 0 aliphatic heterocycles. The van der Waals surface area contributed by atoms with Gasteiger partial charge in [-0.1, -0.05) is 0 Å². The van der Waals surface area contributed by atoms with E-state index >= 15 is 0 Å². The number of ether oxygens (including phenoxy) is 2. The Labute approximate surface area is 151 Å². The molecule has 3 aromatic rings. The molecule has 0 unspecified atom stereocenters. The van der Waals surface area contributed by atoms with Gasteiger partial charge in [0.1, 0.15) is 22.8 Å². The topological polar surface area (TPSA) is 72.1 Å². The van der Waals surface area contributed by atoms with Crippen molar-refractivity contribution >= 4 is 11.0 Å². The third kappa shape index (κ3) is 3.23. The Bertz CT molecular complexity index is 1010. The minimum atomic E-state index is -0.505. The largest absolute Gasteiger partial charge is 0.507 e. The first-order valence-corrected chi connectivity index (χ1v) is 8.10. The van der Waals surface area contributed by atoms with Crippen molar-refractivity contribution in [2.45, 2.75) is 6.54 Å². The van der Waals surface area contributed by atoms with Crippen LogP contribution in [0.25, 0.3) is 22.1 Å². The second-order valence-electron chi connectivity index (χ2n) is 6.23. The highest BCUT2D eigenvalue weighted by atomic mass is 16.5. The van der Waals surface area contributed by atoms with Crippen molar-refractivity contribution in [3.8, 4) is 28.4 Å². The molecule has 0 saturated carbocycles. The average molecular weight is 355 g/mol. The van der Waals surface area contributed by atoms with Gasteiger partial charge in [-0.05, 0) is 50.5 Å². The number of nitrogens with zero attached hydrogens (tertiary/aromatic N) is 1. The highest BCUT2D eigenvalue weighted by Crippen LogP contribution is 2.34. The predicted molar refractivity (Wildman–Crippen MR) is 100 cm³/mol. The SMILES string of the molecule is COc1ccc(OC)c(-c2cc3ccc(O)c(CN(C)C)c3oc2=O)c1. The summed E-state index contributed by atoms with van der Waals surface area (Å²) in [5.41, 5.74) is 1.41. The first-order chi connectivity index (χ1) is 12.4. The lowest BCUT2D eigenvalue weighted by Crippen LogP contribution is -2.12. The number of phenolic OH excluding ortho intramolecular Hbond substituents is 1. The van der Waals surface area contributed by atoms with Crippen LogP contribution in [0.5, 0.6) is 17.2 Å². The number of phenols is 1. The fourth-order valence-electron chi connectivity index (χ4n) is 2.91. The molecule has 136 valence electrons. The van der Waals surface area contributed by atoms with Crippen LogP contribution >= 0.6 is 0 Å². The number of fused-ring (bicyclic) bond motifs is 1. The lowest BCUT2D eigenvalue weighted by molar-refractivity contribution is 0.383. The van der Waals surface area contributed by atoms with E-state index in [4.69, 9.17) is 13.9 Å². The van der Waals surface area contributed by atoms with Gasteiger partial charge in [-0.25, -0.2) is 4.79 Å². The summed E-state index contributed by atoms with van der Waals surface area (Å²) in [6, 6.07) is 10.3. The van der Waals surface area contributed by atoms with Crippen LogP contribution in [0.1, 0.15) is 5.56 Å². The molecule has 0 aliphatic carbocycles. The minimum absolute atomic E-state index is 0.0982. The van der Waals surface area contributed by atoms with Crippen LogP contribution in [0.4, 0.5) is 0 Å². The standard InChI is InChI=1S/C20H21NO5/c1-21(2)11-16-17(22)7-5-12-9-15(20(23)26-19(12)16)14-10-13(24-3)6-8-18(14)25-4/h5-10,22H,11H2,1-4H3. The third-order valence-corrected chi connectivity index (χ3v) is 4.15. The van der Waals surface area contributed by atoms with Gasteiger partial charge in [0, 0.05) is 17.5 Å². The molecule has 0 saturated heterocycles. The molecular weight excluding hydrogens is 334 g/mol. The number of hydrogen-bond donors (Lipinski definition) is 1. The van der Waals surface area contributed by atoms with E-state index in [9.17, 15) is 9.90 Å². The fourth-order valence-corrected chi connectivity index (χ4v) is 2.91. The van der Waals surface area contributed by atoms with E-state index in [0.717, 1.165) is 5.39 Å². The summed E-state index contributed by atoms with van der Waals surface area (Å²) in [5.74, 6) is 1.25. The zero-order valence-corrected chi connectivity index (χ0v) is 15.2. The lowest BCUT2D eigenvalue weighted by Gasteiger charge is -2.14. The van der Waals surface area contributed by atoms with Gasteiger partial charge in [-0.3, -0.25) is 0 Å². The van der Waals surface area contributed by atoms with Crippen LogP contribution < -0.4 is 15.1 Å². The first-order valence-electron chi connectivity index (χ1n) is 8.10. The Kier molecular flexibility index (Phi) is 4.86. The van der Waals surface area contributed by atoms with E-state index in [1.807, 2.05) is 19.0 Å². The van der Waals surface area contributed by atoms with Gasteiger partial charge in [0.2, 0.25) is 0 Å². The molecule has 1 N–H and O–H groups in total. The predicted octanol–water partition coefficient (Wildman–Crippen LogP) is 3.24. The van der Waals surface area contributed by atoms with E-state index in [0.29, 0.717) is 40.3 Å². The Morgan fingerprint density at radius 3 is 2.46 bits per heavy atom. The number of hydrogen-bond acceptors (Lipinski definition) is 6. The number of methoxy groups -OCH3 is 2. The summed E-state index contributed by atoms with van der Waals surface area (Å²) in [6.45, 7) is 0.452. The van der Waals surface area contributed by atoms with Gasteiger partial charge >= 0.3 is 5.63 Å². The first kappa shape index (κ1) is 17.8. The van der Waals surface area contributed by atoms with Crippen molar-refractivity contribution in [2.24, 2.45) is 0 Å². The Hall–Kier alpha value is -2.99. The van der Waals surface area contributed by atoms with E-state index in [2.05, 4.69) is 0 Å². The van der Waals surface area contributed by atoms with Gasteiger partial charge in [0.05, 0.1) is 25.3 Å². The van der Waals surface area contributed by atoms with Crippen molar-refractivity contribution in [1.29, 1.82) is 0 Å². The maximum absolute atomic E-state index is 12.7. The van der Waals surface area contributed by atoms with Crippen molar-refractivity contribution < 1.29 is 19.0 Å². The van der Waals surface area contributed by atoms with Crippen LogP contribution in [-0.2, 0) is 6.54 Å². The minimum Gasteiger partial charge on any atom is -0.507 e. The molecule has 6 heteroatoms. The van der Waals surface area contributed by atoms with Gasteiger partial charge in [-0.2, -0.15) is 0 Å². The second-order valence-corrected chi connectivity index (χ2v) is 6.23. The summed E-state index contributed by atoms with van der Waals surface area (Å²) in [7, 11) is 6.86. The van der Waals surface area contributed by atoms with Crippen molar-refractivity contribution in [3.63, 3.8) is 0 Å². The zero-order valence-electron chi connectivity index (χ0n) is 15.2. The van der Waals surface area contributed by atoms with Gasteiger partial charge in [0.25, 0.3) is 0 Å². The van der Waals surface area contributed by atoms with Crippen molar-refractivity contribution in [2.75, 3.05) is 28.3 Å². The highest BCUT2D eigenvalue weighted by molar-refractivity contribution is 5.86. The smallest absolute Gasteiger partial charge is 0.344 e. The maximum atomic E-state index is 12.7. The lowest BCUT2D eigenvalue weighted by atomic mass is 10.0. The van der Waals surface area contributed by atoms with Crippen molar-refractivity contribution in [3.05, 3.63) is 52.4 Å². The number of aromatic hydroxyl groups is 1. The van der Waals surface area contributed by atoms with E-state index in [1.165, 1.54) is 0 Å². The summed E-state index contributed by atoms with van der Waals surface area (Å²) in [5, 5.41) is 10.9. The van der Waals surface area contributed by atoms with Crippen LogP contribution in [0.15, 0.2) is 45.6 Å². The molecule has 26 heavy (non-hydrogen) atoms. The monoisotopic (exact) mass is 355 g/mol. The molecule has 0 atom stereocenters. The molecule has 1 heterocycles. The molecule has 0 radical (unpaired) electrons. The average Bonchev–Trinajstić information content (AvgIpc) is 2.63. The molecule has 6 nitrogen and oxygen atoms in total. The summed E-state index contributed by atoms with van der Waals surface area (Å²) < 4.78 is 16.2. The molecule has 1 aromatic heterocycles. The molecule has 0 fully saturated rings. The molecule has 2 aromatic carbocycles. The Morgan fingerprint density at radius 1 is 1.04 bits per heavy atom. The number of benzene rings is 2.